The van der Waals surface area contributed by atoms with E-state index >= 15 is 0 Å². The van der Waals surface area contributed by atoms with Gasteiger partial charge in [0.05, 0.1) is 32.5 Å². The van der Waals surface area contributed by atoms with Crippen LogP contribution in [-0.4, -0.2) is 55.4 Å². The van der Waals surface area contributed by atoms with E-state index in [1.54, 1.807) is 18.3 Å². The number of hydrogen-bond acceptors (Lipinski definition) is 8. The normalized spacial score (nSPS) is 17.1. The van der Waals surface area contributed by atoms with Gasteiger partial charge in [0.2, 0.25) is 5.95 Å². The highest BCUT2D eigenvalue weighted by atomic mass is 32.1. The molecule has 6 rings (SSSR count). The number of nitriles is 1. The molecule has 0 bridgehead atoms. The van der Waals surface area contributed by atoms with E-state index in [-0.39, 0.29) is 28.8 Å². The Morgan fingerprint density at radius 1 is 1.16 bits per heavy atom. The van der Waals surface area contributed by atoms with E-state index in [0.717, 1.165) is 59.0 Å². The quantitative estimate of drug-likeness (QED) is 0.169. The summed E-state index contributed by atoms with van der Waals surface area (Å²) in [6, 6.07) is 13.7. The molecule has 2 fully saturated rings. The molecule has 1 saturated heterocycles. The molecule has 0 unspecified atom stereocenters. The molecule has 232 valence electrons. The van der Waals surface area contributed by atoms with Crippen molar-refractivity contribution in [2.24, 2.45) is 11.3 Å². The number of thiophene rings is 1. The number of rotatable bonds is 10. The number of benzene rings is 1. The average molecular weight is 623 g/mol. The predicted octanol–water partition coefficient (Wildman–Crippen LogP) is 5.79. The first-order valence-corrected chi connectivity index (χ1v) is 16.3. The fourth-order valence-corrected chi connectivity index (χ4v) is 6.62. The van der Waals surface area contributed by atoms with Gasteiger partial charge in [-0.15, -0.1) is 11.3 Å². The monoisotopic (exact) mass is 622 g/mol. The molecule has 1 aliphatic carbocycles. The summed E-state index contributed by atoms with van der Waals surface area (Å²) in [5, 5.41) is 16.4. The van der Waals surface area contributed by atoms with Gasteiger partial charge in [-0.2, -0.15) is 5.26 Å². The number of imidazole rings is 1. The Bertz CT molecular complexity index is 1770. The van der Waals surface area contributed by atoms with Gasteiger partial charge in [0.1, 0.15) is 18.0 Å². The summed E-state index contributed by atoms with van der Waals surface area (Å²) in [5.74, 6) is 0.714. The lowest BCUT2D eigenvalue weighted by Crippen LogP contribution is -2.39. The van der Waals surface area contributed by atoms with E-state index < -0.39 is 0 Å². The van der Waals surface area contributed by atoms with Crippen molar-refractivity contribution in [1.29, 1.82) is 5.26 Å². The lowest BCUT2D eigenvalue weighted by Gasteiger charge is -2.26. The Balaban J connectivity index is 1.28. The molecule has 4 heterocycles. The first kappa shape index (κ1) is 30.6. The number of allylic oxidation sites excluding steroid dienone is 1. The van der Waals surface area contributed by atoms with Gasteiger partial charge in [-0.25, -0.2) is 15.0 Å². The summed E-state index contributed by atoms with van der Waals surface area (Å²) < 4.78 is 2.00. The fraction of sp³-hybridized carbons (Fsp3) is 0.412. The van der Waals surface area contributed by atoms with Crippen LogP contribution in [0.15, 0.2) is 60.6 Å². The molecule has 1 aromatic carbocycles. The molecular weight excluding hydrogens is 584 g/mol. The van der Waals surface area contributed by atoms with E-state index in [2.05, 4.69) is 38.8 Å². The standard InChI is InChI=1S/C34H38N8O2S/c1-34(2,3)16-24(17-35)32(44)41-14-4-5-25(41)20-42-28-9-8-23(19-37-18-22-6-7-22)15-27(28)39-33(42)40-31(43)30-11-10-29(45-30)26-12-13-36-21-38-26/h8-13,15-16,21-22,25,37H,4-7,14,18-20H2,1-3H3,(H,39,40,43)/t25-/m1/s1. The third kappa shape index (κ3) is 7.30. The molecular formula is C34H38N8O2S. The zero-order chi connectivity index (χ0) is 31.6. The Morgan fingerprint density at radius 3 is 2.73 bits per heavy atom. The maximum atomic E-state index is 13.5. The van der Waals surface area contributed by atoms with Crippen molar-refractivity contribution >= 4 is 40.1 Å². The van der Waals surface area contributed by atoms with Crippen molar-refractivity contribution in [2.75, 3.05) is 18.4 Å². The second-order valence-corrected chi connectivity index (χ2v) is 14.1. The lowest BCUT2D eigenvalue weighted by atomic mass is 9.93. The molecule has 1 atom stereocenters. The molecule has 1 saturated carbocycles. The topological polar surface area (TPSA) is 129 Å². The average Bonchev–Trinajstić information content (AvgIpc) is 3.38. The van der Waals surface area contributed by atoms with Crippen LogP contribution in [-0.2, 0) is 17.9 Å². The number of anilines is 1. The van der Waals surface area contributed by atoms with Gasteiger partial charge in [0.25, 0.3) is 11.8 Å². The van der Waals surface area contributed by atoms with Gasteiger partial charge in [-0.1, -0.05) is 32.9 Å². The van der Waals surface area contributed by atoms with Gasteiger partial charge in [0.15, 0.2) is 0 Å². The summed E-state index contributed by atoms with van der Waals surface area (Å²) in [6.07, 6.45) is 9.15. The van der Waals surface area contributed by atoms with Gasteiger partial charge in [0, 0.05) is 25.8 Å². The molecule has 3 aromatic heterocycles. The second kappa shape index (κ2) is 12.9. The third-order valence-electron chi connectivity index (χ3n) is 8.12. The van der Waals surface area contributed by atoms with Crippen LogP contribution in [0, 0.1) is 22.7 Å². The molecule has 11 heteroatoms. The number of fused-ring (bicyclic) bond motifs is 1. The number of nitrogens with zero attached hydrogens (tertiary/aromatic N) is 6. The van der Waals surface area contributed by atoms with Crippen LogP contribution in [0.1, 0.15) is 61.7 Å². The molecule has 0 spiro atoms. The van der Waals surface area contributed by atoms with E-state index in [0.29, 0.717) is 23.9 Å². The van der Waals surface area contributed by atoms with Crippen molar-refractivity contribution in [3.63, 3.8) is 0 Å². The molecule has 4 aromatic rings. The third-order valence-corrected chi connectivity index (χ3v) is 9.23. The van der Waals surface area contributed by atoms with Crippen LogP contribution in [0.3, 0.4) is 0 Å². The molecule has 10 nitrogen and oxygen atoms in total. The van der Waals surface area contributed by atoms with E-state index in [1.165, 1.54) is 30.5 Å². The maximum absolute atomic E-state index is 13.5. The Morgan fingerprint density at radius 2 is 2.00 bits per heavy atom. The minimum Gasteiger partial charge on any atom is -0.333 e. The van der Waals surface area contributed by atoms with Crippen molar-refractivity contribution in [3.05, 3.63) is 71.0 Å². The SMILES string of the molecule is CC(C)(C)C=C(C#N)C(=O)N1CCC[C@@H]1Cn1c(NC(=O)c2ccc(-c3ccncn3)s2)nc2cc(CNCC3CC3)ccc21. The van der Waals surface area contributed by atoms with Crippen LogP contribution in [0.4, 0.5) is 5.95 Å². The van der Waals surface area contributed by atoms with Gasteiger partial charge >= 0.3 is 0 Å². The summed E-state index contributed by atoms with van der Waals surface area (Å²) in [4.78, 5) is 43.5. The van der Waals surface area contributed by atoms with Crippen LogP contribution < -0.4 is 10.6 Å². The first-order valence-electron chi connectivity index (χ1n) is 15.5. The summed E-state index contributed by atoms with van der Waals surface area (Å²) in [5.41, 5.74) is 3.42. The smallest absolute Gasteiger partial charge is 0.268 e. The van der Waals surface area contributed by atoms with Crippen molar-refractivity contribution in [3.8, 4) is 16.6 Å². The number of carbonyl (C=O) groups is 2. The Labute approximate surface area is 267 Å². The number of likely N-dealkylation sites (tertiary alicyclic amines) is 1. The molecule has 2 N–H and O–H groups in total. The number of hydrogen-bond donors (Lipinski definition) is 2. The number of aromatic nitrogens is 4. The van der Waals surface area contributed by atoms with Crippen molar-refractivity contribution < 1.29 is 9.59 Å². The van der Waals surface area contributed by atoms with Crippen LogP contribution >= 0.6 is 11.3 Å². The number of nitrogens with one attached hydrogen (secondary N) is 2. The van der Waals surface area contributed by atoms with Crippen LogP contribution in [0.5, 0.6) is 0 Å². The van der Waals surface area contributed by atoms with Crippen LogP contribution in [0.2, 0.25) is 0 Å². The zero-order valence-electron chi connectivity index (χ0n) is 25.9. The summed E-state index contributed by atoms with van der Waals surface area (Å²) >= 11 is 1.35. The second-order valence-electron chi connectivity index (χ2n) is 13.0. The van der Waals surface area contributed by atoms with Crippen molar-refractivity contribution in [2.45, 2.75) is 65.6 Å². The summed E-state index contributed by atoms with van der Waals surface area (Å²) in [7, 11) is 0. The Kier molecular flexibility index (Phi) is 8.79. The maximum Gasteiger partial charge on any atom is 0.268 e. The Hall–Kier alpha value is -4.40. The lowest BCUT2D eigenvalue weighted by molar-refractivity contribution is -0.127. The molecule has 2 amide bonds. The van der Waals surface area contributed by atoms with Crippen molar-refractivity contribution in [1.82, 2.24) is 29.7 Å². The van der Waals surface area contributed by atoms with E-state index in [4.69, 9.17) is 4.98 Å². The first-order chi connectivity index (χ1) is 21.7. The largest absolute Gasteiger partial charge is 0.333 e. The highest BCUT2D eigenvalue weighted by Crippen LogP contribution is 2.31. The molecule has 1 aliphatic heterocycles. The highest BCUT2D eigenvalue weighted by Gasteiger charge is 2.33. The molecule has 45 heavy (non-hydrogen) atoms. The van der Waals surface area contributed by atoms with E-state index in [1.807, 2.05) is 48.4 Å². The predicted molar refractivity (Wildman–Crippen MR) is 175 cm³/mol. The fourth-order valence-electron chi connectivity index (χ4n) is 5.74. The van der Waals surface area contributed by atoms with Gasteiger partial charge in [-0.05, 0) is 79.5 Å². The van der Waals surface area contributed by atoms with Crippen LogP contribution in [0.25, 0.3) is 21.6 Å². The van der Waals surface area contributed by atoms with Gasteiger partial charge < -0.3 is 14.8 Å². The highest BCUT2D eigenvalue weighted by molar-refractivity contribution is 7.17. The number of amides is 2. The molecule has 0 radical (unpaired) electrons. The van der Waals surface area contributed by atoms with E-state index in [9.17, 15) is 14.9 Å². The molecule has 2 aliphatic rings. The summed E-state index contributed by atoms with van der Waals surface area (Å²) in [6.45, 7) is 8.73. The zero-order valence-corrected chi connectivity index (χ0v) is 26.7. The van der Waals surface area contributed by atoms with Gasteiger partial charge in [-0.3, -0.25) is 14.9 Å². The minimum atomic E-state index is -0.297. The minimum absolute atomic E-state index is 0.145. The number of carbonyl (C=O) groups excluding carboxylic acids is 2.